The second-order valence-electron chi connectivity index (χ2n) is 4.08. The molecule has 104 valence electrons. The fraction of sp³-hybridized carbons (Fsp3) is 0.417. The number of carboxylic acids is 1. The van der Waals surface area contributed by atoms with E-state index in [-0.39, 0.29) is 12.0 Å². The molecule has 0 aliphatic heterocycles. The number of hydrogen-bond donors (Lipinski definition) is 2. The normalized spacial score (nSPS) is 12.1. The lowest BCUT2D eigenvalue weighted by atomic mass is 10.0. The van der Waals surface area contributed by atoms with Crippen molar-refractivity contribution in [1.29, 1.82) is 0 Å². The van der Waals surface area contributed by atoms with Crippen LogP contribution in [0.15, 0.2) is 18.2 Å². The van der Waals surface area contributed by atoms with Gasteiger partial charge in [-0.15, -0.1) is 0 Å². The van der Waals surface area contributed by atoms with E-state index in [9.17, 15) is 19.3 Å². The van der Waals surface area contributed by atoms with Crippen molar-refractivity contribution in [3.05, 3.63) is 39.7 Å². The van der Waals surface area contributed by atoms with Crippen LogP contribution in [0.2, 0.25) is 0 Å². The SMILES string of the molecule is CCCNC(Cc1ccc(F)cc1[N+](=O)[O-])C(=O)O. The maximum atomic E-state index is 13.0. The topological polar surface area (TPSA) is 92.5 Å². The van der Waals surface area contributed by atoms with Gasteiger partial charge in [-0.05, 0) is 25.1 Å². The Kier molecular flexibility index (Phi) is 5.37. The Bertz CT molecular complexity index is 479. The van der Waals surface area contributed by atoms with Crippen molar-refractivity contribution in [1.82, 2.24) is 5.32 Å². The second-order valence-corrected chi connectivity index (χ2v) is 4.08. The van der Waals surface area contributed by atoms with E-state index in [4.69, 9.17) is 5.11 Å². The molecule has 0 aromatic heterocycles. The van der Waals surface area contributed by atoms with Crippen LogP contribution in [0.5, 0.6) is 0 Å². The van der Waals surface area contributed by atoms with E-state index in [1.54, 1.807) is 0 Å². The Labute approximate surface area is 109 Å². The smallest absolute Gasteiger partial charge is 0.321 e. The minimum Gasteiger partial charge on any atom is -0.480 e. The third-order valence-corrected chi connectivity index (χ3v) is 2.61. The minimum absolute atomic E-state index is 0.0636. The van der Waals surface area contributed by atoms with Gasteiger partial charge in [0, 0.05) is 12.0 Å². The zero-order valence-electron chi connectivity index (χ0n) is 10.4. The number of carbonyl (C=O) groups is 1. The molecule has 0 saturated carbocycles. The number of carboxylic acid groups (broad SMARTS) is 1. The number of nitro benzene ring substituents is 1. The van der Waals surface area contributed by atoms with Gasteiger partial charge < -0.3 is 10.4 Å². The molecule has 0 radical (unpaired) electrons. The number of aliphatic carboxylic acids is 1. The average Bonchev–Trinajstić information content (AvgIpc) is 2.35. The molecule has 6 nitrogen and oxygen atoms in total. The lowest BCUT2D eigenvalue weighted by Gasteiger charge is -2.13. The predicted octanol–water partition coefficient (Wildman–Crippen LogP) is 1.73. The van der Waals surface area contributed by atoms with E-state index in [1.807, 2.05) is 6.92 Å². The Balaban J connectivity index is 2.95. The Morgan fingerprint density at radius 1 is 1.58 bits per heavy atom. The van der Waals surface area contributed by atoms with Crippen molar-refractivity contribution in [2.45, 2.75) is 25.8 Å². The molecule has 1 rings (SSSR count). The molecular weight excluding hydrogens is 255 g/mol. The quantitative estimate of drug-likeness (QED) is 0.581. The summed E-state index contributed by atoms with van der Waals surface area (Å²) < 4.78 is 13.0. The Morgan fingerprint density at radius 3 is 2.79 bits per heavy atom. The number of nitrogens with one attached hydrogen (secondary N) is 1. The van der Waals surface area contributed by atoms with Gasteiger partial charge in [0.25, 0.3) is 5.69 Å². The molecule has 1 aromatic rings. The van der Waals surface area contributed by atoms with E-state index in [2.05, 4.69) is 5.32 Å². The molecule has 19 heavy (non-hydrogen) atoms. The standard InChI is InChI=1S/C12H15FN2O4/c1-2-5-14-10(12(16)17)6-8-3-4-9(13)7-11(8)15(18)19/h3-4,7,10,14H,2,5-6H2,1H3,(H,16,17). The number of halogens is 1. The van der Waals surface area contributed by atoms with Crippen LogP contribution in [0, 0.1) is 15.9 Å². The summed E-state index contributed by atoms with van der Waals surface area (Å²) in [5.41, 5.74) is -0.202. The van der Waals surface area contributed by atoms with Crippen molar-refractivity contribution < 1.29 is 19.2 Å². The molecule has 0 bridgehead atoms. The number of nitro groups is 1. The molecule has 0 fully saturated rings. The number of hydrogen-bond acceptors (Lipinski definition) is 4. The second kappa shape index (κ2) is 6.79. The van der Waals surface area contributed by atoms with Crippen molar-refractivity contribution in [3.63, 3.8) is 0 Å². The molecule has 1 aromatic carbocycles. The van der Waals surface area contributed by atoms with Crippen molar-refractivity contribution >= 4 is 11.7 Å². The largest absolute Gasteiger partial charge is 0.480 e. The van der Waals surface area contributed by atoms with Gasteiger partial charge in [0.2, 0.25) is 0 Å². The lowest BCUT2D eigenvalue weighted by molar-refractivity contribution is -0.385. The van der Waals surface area contributed by atoms with Gasteiger partial charge in [-0.2, -0.15) is 0 Å². The van der Waals surface area contributed by atoms with E-state index in [0.29, 0.717) is 6.54 Å². The fourth-order valence-electron chi connectivity index (χ4n) is 1.66. The Morgan fingerprint density at radius 2 is 2.26 bits per heavy atom. The van der Waals surface area contributed by atoms with Crippen molar-refractivity contribution in [3.8, 4) is 0 Å². The molecule has 0 saturated heterocycles. The fourth-order valence-corrected chi connectivity index (χ4v) is 1.66. The highest BCUT2D eigenvalue weighted by Crippen LogP contribution is 2.21. The van der Waals surface area contributed by atoms with E-state index in [1.165, 1.54) is 6.07 Å². The maximum absolute atomic E-state index is 13.0. The van der Waals surface area contributed by atoms with Crippen molar-refractivity contribution in [2.24, 2.45) is 0 Å². The van der Waals surface area contributed by atoms with Crippen LogP contribution < -0.4 is 5.32 Å². The highest BCUT2D eigenvalue weighted by atomic mass is 19.1. The van der Waals surface area contributed by atoms with Crippen LogP contribution in [0.3, 0.4) is 0 Å². The Hall–Kier alpha value is -2.02. The predicted molar refractivity (Wildman–Crippen MR) is 66.5 cm³/mol. The van der Waals surface area contributed by atoms with Gasteiger partial charge in [0.15, 0.2) is 0 Å². The average molecular weight is 270 g/mol. The molecule has 0 aliphatic rings. The van der Waals surface area contributed by atoms with Gasteiger partial charge in [-0.25, -0.2) is 4.39 Å². The molecule has 0 amide bonds. The van der Waals surface area contributed by atoms with Gasteiger partial charge >= 0.3 is 5.97 Å². The molecule has 7 heteroatoms. The lowest BCUT2D eigenvalue weighted by Crippen LogP contribution is -2.39. The zero-order chi connectivity index (χ0) is 14.4. The van der Waals surface area contributed by atoms with Crippen LogP contribution in [0.4, 0.5) is 10.1 Å². The first-order valence-electron chi connectivity index (χ1n) is 5.84. The summed E-state index contributed by atoms with van der Waals surface area (Å²) in [4.78, 5) is 21.2. The molecular formula is C12H15FN2O4. The first kappa shape index (κ1) is 15.0. The molecule has 0 spiro atoms. The number of nitrogens with zero attached hydrogens (tertiary/aromatic N) is 1. The molecule has 0 aliphatic carbocycles. The van der Waals surface area contributed by atoms with Crippen LogP contribution in [-0.4, -0.2) is 28.6 Å². The van der Waals surface area contributed by atoms with Crippen LogP contribution >= 0.6 is 0 Å². The highest BCUT2D eigenvalue weighted by Gasteiger charge is 2.22. The first-order chi connectivity index (χ1) is 8.95. The minimum atomic E-state index is -1.09. The third-order valence-electron chi connectivity index (χ3n) is 2.61. The molecule has 1 unspecified atom stereocenters. The van der Waals surface area contributed by atoms with E-state index >= 15 is 0 Å². The van der Waals surface area contributed by atoms with Gasteiger partial charge in [-0.1, -0.05) is 6.92 Å². The van der Waals surface area contributed by atoms with E-state index in [0.717, 1.165) is 18.6 Å². The summed E-state index contributed by atoms with van der Waals surface area (Å²) in [6.45, 7) is 2.37. The monoisotopic (exact) mass is 270 g/mol. The van der Waals surface area contributed by atoms with Crippen LogP contribution in [0.25, 0.3) is 0 Å². The van der Waals surface area contributed by atoms with Crippen LogP contribution in [0.1, 0.15) is 18.9 Å². The maximum Gasteiger partial charge on any atom is 0.321 e. The number of benzene rings is 1. The van der Waals surface area contributed by atoms with Crippen molar-refractivity contribution in [2.75, 3.05) is 6.54 Å². The van der Waals surface area contributed by atoms with Gasteiger partial charge in [0.1, 0.15) is 11.9 Å². The zero-order valence-corrected chi connectivity index (χ0v) is 10.4. The summed E-state index contributed by atoms with van der Waals surface area (Å²) in [5, 5.41) is 22.6. The van der Waals surface area contributed by atoms with Crippen LogP contribution in [-0.2, 0) is 11.2 Å². The van der Waals surface area contributed by atoms with Gasteiger partial charge in [-0.3, -0.25) is 14.9 Å². The summed E-state index contributed by atoms with van der Waals surface area (Å²) in [7, 11) is 0. The summed E-state index contributed by atoms with van der Waals surface area (Å²) >= 11 is 0. The first-order valence-corrected chi connectivity index (χ1v) is 5.84. The van der Waals surface area contributed by atoms with Gasteiger partial charge in [0.05, 0.1) is 11.0 Å². The molecule has 2 N–H and O–H groups in total. The number of rotatable bonds is 7. The molecule has 0 heterocycles. The molecule has 1 atom stereocenters. The summed E-state index contributed by atoms with van der Waals surface area (Å²) in [6, 6.07) is 2.20. The third kappa shape index (κ3) is 4.29. The van der Waals surface area contributed by atoms with E-state index < -0.39 is 28.4 Å². The summed E-state index contributed by atoms with van der Waals surface area (Å²) in [5.74, 6) is -1.81. The summed E-state index contributed by atoms with van der Waals surface area (Å²) in [6.07, 6.45) is 0.682. The highest BCUT2D eigenvalue weighted by molar-refractivity contribution is 5.74.